The zero-order valence-electron chi connectivity index (χ0n) is 25.7. The van der Waals surface area contributed by atoms with Crippen LogP contribution in [0, 0.1) is 22.7 Å². The first kappa shape index (κ1) is 26.9. The maximum Gasteiger partial charge on any atom is 0.245 e. The topological polar surface area (TPSA) is 75.9 Å². The molecule has 0 aliphatic carbocycles. The molecule has 222 valence electrons. The van der Waals surface area contributed by atoms with Gasteiger partial charge in [0, 0.05) is 57.9 Å². The van der Waals surface area contributed by atoms with Crippen LogP contribution in [0.2, 0.25) is 0 Å². The van der Waals surface area contributed by atoms with Crippen LogP contribution in [0.3, 0.4) is 0 Å². The number of ether oxygens (including phenoxy) is 2. The van der Waals surface area contributed by atoms with E-state index < -0.39 is 5.79 Å². The molecule has 0 amide bonds. The smallest absolute Gasteiger partial charge is 0.245 e. The fourth-order valence-corrected chi connectivity index (χ4v) is 7.10. The number of rotatable bonds is 2. The number of nitrogens with zero attached hydrogens (tertiary/aromatic N) is 4. The lowest BCUT2D eigenvalue weighted by atomic mass is 10.0. The van der Waals surface area contributed by atoms with Gasteiger partial charge >= 0.3 is 0 Å². The Bertz CT molecular complexity index is 2510. The zero-order valence-corrected chi connectivity index (χ0v) is 25.7. The van der Waals surface area contributed by atoms with Crippen LogP contribution in [0.15, 0.2) is 121 Å². The molecule has 6 heteroatoms. The molecule has 3 heterocycles. The van der Waals surface area contributed by atoms with Gasteiger partial charge in [0.1, 0.15) is 11.5 Å². The van der Waals surface area contributed by atoms with E-state index in [1.807, 2.05) is 86.6 Å². The summed E-state index contributed by atoms with van der Waals surface area (Å²) in [5.74, 6) is 0.551. The van der Waals surface area contributed by atoms with Crippen LogP contribution in [-0.4, -0.2) is 14.9 Å². The fraction of sp³-hybridized carbons (Fsp3) is 0.0732. The first-order valence-corrected chi connectivity index (χ1v) is 15.5. The molecule has 6 aromatic carbocycles. The molecular formula is C41H26N4O2. The summed E-state index contributed by atoms with van der Waals surface area (Å²) in [5.41, 5.74) is 9.18. The predicted octanol–water partition coefficient (Wildman–Crippen LogP) is 9.80. The average Bonchev–Trinajstić information content (AvgIpc) is 3.56. The number of hydrogen-bond acceptors (Lipinski definition) is 4. The van der Waals surface area contributed by atoms with Gasteiger partial charge in [-0.15, -0.1) is 0 Å². The molecule has 0 saturated heterocycles. The van der Waals surface area contributed by atoms with Crippen molar-refractivity contribution >= 4 is 43.6 Å². The van der Waals surface area contributed by atoms with Gasteiger partial charge in [-0.05, 0) is 84.9 Å². The molecule has 0 radical (unpaired) electrons. The summed E-state index contributed by atoms with van der Waals surface area (Å²) in [6, 6.07) is 45.4. The Labute approximate surface area is 270 Å². The minimum absolute atomic E-state index is 0.630. The molecule has 2 aromatic heterocycles. The SMILES string of the molecule is CC1(C)Oc2ccc(-n3c4ccccc4c4cc(C#N)ccc43)cc2-c2cc(-n3c4ccccc4c4cc(C#N)ccc43)ccc2O1. The Morgan fingerprint density at radius 3 is 1.36 bits per heavy atom. The monoisotopic (exact) mass is 606 g/mol. The van der Waals surface area contributed by atoms with Gasteiger partial charge in [-0.2, -0.15) is 10.5 Å². The van der Waals surface area contributed by atoms with Gasteiger partial charge in [-0.3, -0.25) is 0 Å². The minimum Gasteiger partial charge on any atom is -0.452 e. The molecule has 0 bridgehead atoms. The van der Waals surface area contributed by atoms with Crippen molar-refractivity contribution in [2.45, 2.75) is 19.6 Å². The third-order valence-electron chi connectivity index (χ3n) is 9.05. The summed E-state index contributed by atoms with van der Waals surface area (Å²) >= 11 is 0. The Balaban J connectivity index is 1.30. The molecule has 9 rings (SSSR count). The van der Waals surface area contributed by atoms with E-state index in [4.69, 9.17) is 9.47 Å². The third-order valence-corrected chi connectivity index (χ3v) is 9.05. The van der Waals surface area contributed by atoms with Crippen molar-refractivity contribution in [3.8, 4) is 46.1 Å². The highest BCUT2D eigenvalue weighted by atomic mass is 16.7. The highest BCUT2D eigenvalue weighted by Gasteiger charge is 2.30. The predicted molar refractivity (Wildman–Crippen MR) is 185 cm³/mol. The van der Waals surface area contributed by atoms with Gasteiger partial charge < -0.3 is 18.6 Å². The highest BCUT2D eigenvalue weighted by molar-refractivity contribution is 6.11. The second kappa shape index (κ2) is 9.75. The number of fused-ring (bicyclic) bond motifs is 9. The van der Waals surface area contributed by atoms with Crippen LogP contribution in [-0.2, 0) is 0 Å². The van der Waals surface area contributed by atoms with Gasteiger partial charge in [0.15, 0.2) is 0 Å². The molecule has 1 aliphatic heterocycles. The van der Waals surface area contributed by atoms with Gasteiger partial charge in [0.25, 0.3) is 0 Å². The van der Waals surface area contributed by atoms with Gasteiger partial charge in [-0.25, -0.2) is 0 Å². The van der Waals surface area contributed by atoms with Crippen molar-refractivity contribution < 1.29 is 9.47 Å². The Morgan fingerprint density at radius 1 is 0.489 bits per heavy atom. The summed E-state index contributed by atoms with van der Waals surface area (Å²) in [6.07, 6.45) is 0. The molecular weight excluding hydrogens is 580 g/mol. The van der Waals surface area contributed by atoms with E-state index in [-0.39, 0.29) is 0 Å². The maximum atomic E-state index is 9.62. The zero-order chi connectivity index (χ0) is 31.9. The van der Waals surface area contributed by atoms with Crippen molar-refractivity contribution in [2.75, 3.05) is 0 Å². The Kier molecular flexibility index (Phi) is 5.57. The van der Waals surface area contributed by atoms with E-state index in [1.165, 1.54) is 0 Å². The number of benzene rings is 6. The summed E-state index contributed by atoms with van der Waals surface area (Å²) in [7, 11) is 0. The fourth-order valence-electron chi connectivity index (χ4n) is 7.10. The standard InChI is InChI=1S/C41H26N4O2/c1-41(2)46-39-17-13-27(44-35-9-5-3-7-29(35)31-19-25(23-42)11-15-37(31)44)21-33(39)34-22-28(14-18-40(34)47-41)45-36-10-6-4-8-30(36)32-20-26(24-43)12-16-38(32)45/h3-22H,1-2H3. The number of para-hydroxylation sites is 2. The summed E-state index contributed by atoms with van der Waals surface area (Å²) in [5, 5.41) is 23.5. The first-order valence-electron chi connectivity index (χ1n) is 15.5. The molecule has 0 unspecified atom stereocenters. The first-order chi connectivity index (χ1) is 22.9. The van der Waals surface area contributed by atoms with Crippen LogP contribution in [0.4, 0.5) is 0 Å². The van der Waals surface area contributed by atoms with E-state index in [2.05, 4.69) is 69.8 Å². The lowest BCUT2D eigenvalue weighted by Gasteiger charge is -2.25. The van der Waals surface area contributed by atoms with Crippen LogP contribution in [0.1, 0.15) is 25.0 Å². The van der Waals surface area contributed by atoms with Gasteiger partial charge in [0.2, 0.25) is 5.79 Å². The Hall–Kier alpha value is -6.50. The van der Waals surface area contributed by atoms with E-state index >= 15 is 0 Å². The molecule has 0 spiro atoms. The van der Waals surface area contributed by atoms with E-state index in [0.717, 1.165) is 77.6 Å². The molecule has 6 nitrogen and oxygen atoms in total. The van der Waals surface area contributed by atoms with Crippen molar-refractivity contribution in [1.82, 2.24) is 9.13 Å². The normalized spacial score (nSPS) is 13.4. The van der Waals surface area contributed by atoms with Crippen molar-refractivity contribution in [1.29, 1.82) is 10.5 Å². The second-order valence-electron chi connectivity index (χ2n) is 12.4. The second-order valence-corrected chi connectivity index (χ2v) is 12.4. The molecule has 47 heavy (non-hydrogen) atoms. The molecule has 1 aliphatic rings. The molecule has 0 saturated carbocycles. The van der Waals surface area contributed by atoms with E-state index in [0.29, 0.717) is 11.1 Å². The molecule has 0 fully saturated rings. The highest BCUT2D eigenvalue weighted by Crippen LogP contribution is 2.46. The van der Waals surface area contributed by atoms with Crippen LogP contribution in [0.5, 0.6) is 11.5 Å². The van der Waals surface area contributed by atoms with Gasteiger partial charge in [0.05, 0.1) is 45.3 Å². The Morgan fingerprint density at radius 2 is 0.915 bits per heavy atom. The van der Waals surface area contributed by atoms with Gasteiger partial charge in [-0.1, -0.05) is 36.4 Å². The van der Waals surface area contributed by atoms with Crippen molar-refractivity contribution in [3.05, 3.63) is 132 Å². The largest absolute Gasteiger partial charge is 0.452 e. The number of aromatic nitrogens is 2. The number of nitriles is 2. The summed E-state index contributed by atoms with van der Waals surface area (Å²) in [4.78, 5) is 0. The van der Waals surface area contributed by atoms with Crippen molar-refractivity contribution in [2.24, 2.45) is 0 Å². The molecule has 0 N–H and O–H groups in total. The summed E-state index contributed by atoms with van der Waals surface area (Å²) in [6.45, 7) is 3.85. The quantitative estimate of drug-likeness (QED) is 0.196. The summed E-state index contributed by atoms with van der Waals surface area (Å²) < 4.78 is 17.5. The lowest BCUT2D eigenvalue weighted by Crippen LogP contribution is -2.34. The van der Waals surface area contributed by atoms with Crippen LogP contribution < -0.4 is 9.47 Å². The van der Waals surface area contributed by atoms with Crippen molar-refractivity contribution in [3.63, 3.8) is 0 Å². The van der Waals surface area contributed by atoms with Crippen LogP contribution in [0.25, 0.3) is 66.1 Å². The van der Waals surface area contributed by atoms with E-state index in [1.54, 1.807) is 0 Å². The maximum absolute atomic E-state index is 9.62. The molecule has 0 atom stereocenters. The molecule has 8 aromatic rings. The average molecular weight is 607 g/mol. The van der Waals surface area contributed by atoms with E-state index in [9.17, 15) is 10.5 Å². The van der Waals surface area contributed by atoms with Crippen LogP contribution >= 0.6 is 0 Å². The lowest BCUT2D eigenvalue weighted by molar-refractivity contribution is -0.0778. The number of hydrogen-bond donors (Lipinski definition) is 0. The third kappa shape index (κ3) is 4.02. The minimum atomic E-state index is -0.899.